The lowest BCUT2D eigenvalue weighted by Crippen LogP contribution is -2.50. The second-order valence-corrected chi connectivity index (χ2v) is 10.5. The fourth-order valence-electron chi connectivity index (χ4n) is 4.54. The van der Waals surface area contributed by atoms with Crippen molar-refractivity contribution in [1.82, 2.24) is 4.90 Å². The van der Waals surface area contributed by atoms with Gasteiger partial charge in [-0.25, -0.2) is 4.79 Å². The van der Waals surface area contributed by atoms with Crippen molar-refractivity contribution in [2.45, 2.75) is 59.6 Å². The number of rotatable bonds is 1. The molecule has 7 heteroatoms. The molecule has 2 amide bonds. The molecular formula is C28H40N4O3. The number of para-hydroxylation sites is 1. The largest absolute Gasteiger partial charge is 0.444 e. The van der Waals surface area contributed by atoms with Gasteiger partial charge in [-0.3, -0.25) is 4.79 Å². The molecule has 0 radical (unpaired) electrons. The smallest absolute Gasteiger partial charge is 0.410 e. The van der Waals surface area contributed by atoms with Crippen LogP contribution in [0.2, 0.25) is 0 Å². The molecule has 2 atom stereocenters. The number of hydrogen-bond acceptors (Lipinski definition) is 5. The minimum Gasteiger partial charge on any atom is -0.444 e. The van der Waals surface area contributed by atoms with E-state index >= 15 is 0 Å². The minimum atomic E-state index is -0.469. The Bertz CT molecular complexity index is 1010. The Morgan fingerprint density at radius 1 is 0.971 bits per heavy atom. The van der Waals surface area contributed by atoms with Crippen LogP contribution in [0.15, 0.2) is 48.5 Å². The lowest BCUT2D eigenvalue weighted by atomic mass is 9.87. The van der Waals surface area contributed by atoms with Crippen molar-refractivity contribution in [3.8, 4) is 0 Å². The van der Waals surface area contributed by atoms with E-state index in [0.717, 1.165) is 36.6 Å². The molecule has 35 heavy (non-hydrogen) atoms. The van der Waals surface area contributed by atoms with Crippen LogP contribution in [0.5, 0.6) is 0 Å². The number of nitrogens with two attached hydrogens (primary N) is 1. The van der Waals surface area contributed by atoms with Crippen molar-refractivity contribution in [2.75, 3.05) is 41.7 Å². The maximum absolute atomic E-state index is 12.3. The summed E-state index contributed by atoms with van der Waals surface area (Å²) in [6.45, 7) is 14.5. The van der Waals surface area contributed by atoms with Crippen molar-refractivity contribution in [3.63, 3.8) is 0 Å². The van der Waals surface area contributed by atoms with Gasteiger partial charge in [0.2, 0.25) is 5.91 Å². The van der Waals surface area contributed by atoms with E-state index in [4.69, 9.17) is 10.5 Å². The topological polar surface area (TPSA) is 79.1 Å². The van der Waals surface area contributed by atoms with Crippen molar-refractivity contribution in [2.24, 2.45) is 5.92 Å². The molecule has 2 aliphatic heterocycles. The van der Waals surface area contributed by atoms with Crippen LogP contribution in [0.1, 0.15) is 47.1 Å². The molecule has 190 valence electrons. The van der Waals surface area contributed by atoms with Gasteiger partial charge in [0.15, 0.2) is 0 Å². The molecule has 2 aromatic rings. The van der Waals surface area contributed by atoms with Gasteiger partial charge < -0.3 is 25.2 Å². The van der Waals surface area contributed by atoms with Crippen molar-refractivity contribution in [3.05, 3.63) is 54.1 Å². The molecule has 0 bridgehead atoms. The molecule has 2 aromatic carbocycles. The van der Waals surface area contributed by atoms with Crippen LogP contribution in [0.25, 0.3) is 0 Å². The summed E-state index contributed by atoms with van der Waals surface area (Å²) in [6.07, 6.45) is 0.740. The van der Waals surface area contributed by atoms with Gasteiger partial charge in [-0.15, -0.1) is 0 Å². The number of carbonyl (C=O) groups excluding carboxylic acids is 2. The van der Waals surface area contributed by atoms with Crippen molar-refractivity contribution in [1.29, 1.82) is 0 Å². The number of piperazine rings is 1. The summed E-state index contributed by atoms with van der Waals surface area (Å²) in [6, 6.07) is 16.1. The fraction of sp³-hybridized carbons (Fsp3) is 0.500. The number of carbonyl (C=O) groups is 2. The predicted octanol–water partition coefficient (Wildman–Crippen LogP) is 4.95. The molecule has 1 saturated heterocycles. The monoisotopic (exact) mass is 480 g/mol. The average Bonchev–Trinajstić information content (AvgIpc) is 2.79. The quantitative estimate of drug-likeness (QED) is 0.585. The van der Waals surface area contributed by atoms with Crippen LogP contribution in [-0.4, -0.2) is 54.7 Å². The normalized spacial score (nSPS) is 19.9. The molecule has 1 fully saturated rings. The summed E-state index contributed by atoms with van der Waals surface area (Å²) >= 11 is 0. The molecule has 4 rings (SSSR count). The number of ether oxygens (including phenoxy) is 1. The van der Waals surface area contributed by atoms with Crippen molar-refractivity contribution >= 4 is 29.1 Å². The summed E-state index contributed by atoms with van der Waals surface area (Å²) in [5.74, 6) is 0.523. The molecule has 2 aliphatic rings. The van der Waals surface area contributed by atoms with Gasteiger partial charge in [0.1, 0.15) is 5.60 Å². The molecule has 0 saturated carbocycles. The first-order valence-electron chi connectivity index (χ1n) is 12.4. The van der Waals surface area contributed by atoms with Gasteiger partial charge >= 0.3 is 6.09 Å². The fourth-order valence-corrected chi connectivity index (χ4v) is 4.54. The number of amides is 2. The van der Waals surface area contributed by atoms with E-state index in [9.17, 15) is 9.59 Å². The van der Waals surface area contributed by atoms with Gasteiger partial charge in [-0.2, -0.15) is 0 Å². The zero-order chi connectivity index (χ0) is 25.8. The van der Waals surface area contributed by atoms with E-state index in [-0.39, 0.29) is 18.0 Å². The van der Waals surface area contributed by atoms with Gasteiger partial charge in [0.25, 0.3) is 0 Å². The molecule has 0 aromatic heterocycles. The number of benzene rings is 2. The Hall–Kier alpha value is -3.22. The Kier molecular flexibility index (Phi) is 8.30. The molecule has 2 N–H and O–H groups in total. The molecule has 0 unspecified atom stereocenters. The van der Waals surface area contributed by atoms with E-state index in [1.807, 2.05) is 56.0 Å². The number of fused-ring (bicyclic) bond motifs is 1. The molecule has 7 nitrogen and oxygen atoms in total. The van der Waals surface area contributed by atoms with Crippen LogP contribution in [0.3, 0.4) is 0 Å². The highest BCUT2D eigenvalue weighted by atomic mass is 16.6. The van der Waals surface area contributed by atoms with Crippen LogP contribution in [0.4, 0.5) is 21.9 Å². The third-order valence-electron chi connectivity index (χ3n) is 6.53. The van der Waals surface area contributed by atoms with E-state index in [1.54, 1.807) is 11.8 Å². The Morgan fingerprint density at radius 3 is 2.11 bits per heavy atom. The zero-order valence-electron chi connectivity index (χ0n) is 22.0. The van der Waals surface area contributed by atoms with Crippen LogP contribution >= 0.6 is 0 Å². The maximum atomic E-state index is 12.3. The minimum absolute atomic E-state index is 0.0963. The Morgan fingerprint density at radius 2 is 1.60 bits per heavy atom. The van der Waals surface area contributed by atoms with Crippen LogP contribution in [0, 0.1) is 5.92 Å². The number of hydrogen-bond donors (Lipinski definition) is 1. The number of anilines is 3. The SMILES string of the molecule is CC(=O)N1c2ccc(N3CCN(C(=O)OC(C)(C)C)CC3)cc2C[C@@H](C)[C@@H]1C.Nc1ccccc1. The Balaban J connectivity index is 0.000000420. The van der Waals surface area contributed by atoms with Gasteiger partial charge in [-0.05, 0) is 75.9 Å². The van der Waals surface area contributed by atoms with E-state index in [1.165, 1.54) is 5.56 Å². The Labute approximate surface area is 209 Å². The average molecular weight is 481 g/mol. The number of nitrogen functional groups attached to an aromatic ring is 1. The highest BCUT2D eigenvalue weighted by molar-refractivity contribution is 5.94. The predicted molar refractivity (Wildman–Crippen MR) is 143 cm³/mol. The van der Waals surface area contributed by atoms with Gasteiger partial charge in [0, 0.05) is 56.2 Å². The first-order chi connectivity index (χ1) is 16.5. The second kappa shape index (κ2) is 11.0. The third-order valence-corrected chi connectivity index (χ3v) is 6.53. The molecule has 2 heterocycles. The second-order valence-electron chi connectivity index (χ2n) is 10.5. The lowest BCUT2D eigenvalue weighted by molar-refractivity contribution is -0.117. The summed E-state index contributed by atoms with van der Waals surface area (Å²) in [5.41, 5.74) is 9.14. The first kappa shape index (κ1) is 26.4. The summed E-state index contributed by atoms with van der Waals surface area (Å²) in [5, 5.41) is 0. The summed E-state index contributed by atoms with van der Waals surface area (Å²) in [4.78, 5) is 30.4. The summed E-state index contributed by atoms with van der Waals surface area (Å²) < 4.78 is 5.48. The zero-order valence-corrected chi connectivity index (χ0v) is 22.0. The first-order valence-corrected chi connectivity index (χ1v) is 12.4. The van der Waals surface area contributed by atoms with Gasteiger partial charge in [-0.1, -0.05) is 25.1 Å². The maximum Gasteiger partial charge on any atom is 0.410 e. The van der Waals surface area contributed by atoms with Gasteiger partial charge in [0.05, 0.1) is 0 Å². The van der Waals surface area contributed by atoms with Crippen molar-refractivity contribution < 1.29 is 14.3 Å². The van der Waals surface area contributed by atoms with E-state index in [0.29, 0.717) is 19.0 Å². The standard InChI is InChI=1S/C22H33N3O3.C6H7N/c1-15-13-18-14-19(7-8-20(18)25(16(15)2)17(3)26)23-9-11-24(12-10-23)21(27)28-22(4,5)6;7-6-4-2-1-3-5-6/h7-8,14-16H,9-13H2,1-6H3;1-5H,7H2/t15-,16+;/m1./s1. The number of nitrogens with zero attached hydrogens (tertiary/aromatic N) is 3. The van der Waals surface area contributed by atoms with Crippen LogP contribution in [-0.2, 0) is 16.0 Å². The molecule has 0 spiro atoms. The van der Waals surface area contributed by atoms with Crippen LogP contribution < -0.4 is 15.5 Å². The lowest BCUT2D eigenvalue weighted by Gasteiger charge is -2.40. The highest BCUT2D eigenvalue weighted by Gasteiger charge is 2.32. The summed E-state index contributed by atoms with van der Waals surface area (Å²) in [7, 11) is 0. The molecule has 0 aliphatic carbocycles. The third kappa shape index (κ3) is 6.90. The highest BCUT2D eigenvalue weighted by Crippen LogP contribution is 2.36. The molecular weight excluding hydrogens is 440 g/mol. The van der Waals surface area contributed by atoms with E-state index < -0.39 is 5.60 Å². The van der Waals surface area contributed by atoms with E-state index in [2.05, 4.69) is 36.9 Å².